The van der Waals surface area contributed by atoms with E-state index in [0.29, 0.717) is 24.8 Å². The summed E-state index contributed by atoms with van der Waals surface area (Å²) in [7, 11) is 5.87. The maximum absolute atomic E-state index is 15.2. The predicted molar refractivity (Wildman–Crippen MR) is 316 cm³/mol. The summed E-state index contributed by atoms with van der Waals surface area (Å²) in [6.45, 7) is 21.3. The van der Waals surface area contributed by atoms with Crippen LogP contribution in [0.2, 0.25) is 0 Å². The smallest absolute Gasteiger partial charge is 0.332 e. The fourth-order valence-corrected chi connectivity index (χ4v) is 12.0. The van der Waals surface area contributed by atoms with Gasteiger partial charge >= 0.3 is 5.97 Å². The molecule has 0 saturated carbocycles. The van der Waals surface area contributed by atoms with Crippen molar-refractivity contribution >= 4 is 75.6 Å². The number of carbonyl (C=O) groups is 9. The summed E-state index contributed by atoms with van der Waals surface area (Å²) in [5, 5.41) is 14.7. The normalized spacial score (nSPS) is 26.5. The predicted octanol–water partition coefficient (Wildman–Crippen LogP) is 7.02. The van der Waals surface area contributed by atoms with E-state index >= 15 is 9.59 Å². The number of amides is 6. The Hall–Kier alpha value is -5.24. The molecule has 0 aliphatic carbocycles. The maximum atomic E-state index is 15.2. The lowest BCUT2D eigenvalue weighted by atomic mass is 9.82. The quantitative estimate of drug-likeness (QED) is 0.154. The molecule has 2 aliphatic heterocycles. The Bertz CT molecular complexity index is 2480. The average molecular weight is 1230 g/mol. The molecule has 18 heteroatoms. The van der Waals surface area contributed by atoms with Crippen molar-refractivity contribution in [3.63, 3.8) is 0 Å². The number of ether oxygens (including phenoxy) is 1. The molecule has 0 aromatic heterocycles. The molecule has 2 fully saturated rings. The van der Waals surface area contributed by atoms with Crippen LogP contribution in [0.15, 0.2) is 54.6 Å². The highest BCUT2D eigenvalue weighted by Crippen LogP contribution is 2.32. The maximum Gasteiger partial charge on any atom is 0.332 e. The third-order valence-electron chi connectivity index (χ3n) is 16.6. The van der Waals surface area contributed by atoms with E-state index in [0.717, 1.165) is 14.0 Å². The van der Waals surface area contributed by atoms with Crippen molar-refractivity contribution in [1.82, 2.24) is 29.8 Å². The van der Waals surface area contributed by atoms with Crippen LogP contribution in [0.1, 0.15) is 133 Å². The summed E-state index contributed by atoms with van der Waals surface area (Å²) in [6, 6.07) is 10.5. The summed E-state index contributed by atoms with van der Waals surface area (Å²) in [4.78, 5) is 141. The molecule has 11 atom stereocenters. The molecule has 2 N–H and O–H groups in total. The second-order valence-electron chi connectivity index (χ2n) is 24.5. The number of hydrogen-bond donors (Lipinski definition) is 2. The number of esters is 1. The van der Waals surface area contributed by atoms with Gasteiger partial charge < -0.3 is 39.7 Å². The third-order valence-corrected chi connectivity index (χ3v) is 17.3. The molecule has 444 valence electrons. The van der Waals surface area contributed by atoms with Gasteiger partial charge in [0.05, 0.1) is 11.6 Å². The minimum atomic E-state index is -1.94. The van der Waals surface area contributed by atoms with Crippen LogP contribution in [0, 0.1) is 50.9 Å². The highest BCUT2D eigenvalue weighted by molar-refractivity contribution is 14.1. The number of ketones is 2. The van der Waals surface area contributed by atoms with E-state index in [2.05, 4.69) is 27.9 Å². The number of halogens is 1. The minimum Gasteiger partial charge on any atom is -0.450 e. The zero-order valence-electron chi connectivity index (χ0n) is 50.5. The topological polar surface area (TPSA) is 211 Å². The van der Waals surface area contributed by atoms with Gasteiger partial charge in [0.15, 0.2) is 17.9 Å². The number of aliphatic hydroxyl groups is 1. The van der Waals surface area contributed by atoms with Gasteiger partial charge in [0, 0.05) is 94.2 Å². The molecule has 2 aromatic carbocycles. The first-order chi connectivity index (χ1) is 37.4. The van der Waals surface area contributed by atoms with Gasteiger partial charge in [-0.25, -0.2) is 4.79 Å². The number of fused-ring (bicyclic) bond motifs is 2. The summed E-state index contributed by atoms with van der Waals surface area (Å²) in [5.74, 6) is -9.42. The fraction of sp³-hybridized carbons (Fsp3) is 0.661. The number of carbonyl (C=O) groups excluding carboxylic acids is 9. The fourth-order valence-electron chi connectivity index (χ4n) is 11.6. The Balaban J connectivity index is 1.94. The van der Waals surface area contributed by atoms with Crippen LogP contribution in [0.5, 0.6) is 0 Å². The minimum absolute atomic E-state index is 0.0238. The second-order valence-corrected chi connectivity index (χ2v) is 25.7. The van der Waals surface area contributed by atoms with E-state index in [1.807, 2.05) is 103 Å². The number of nitrogens with zero attached hydrogens (tertiary/aromatic N) is 5. The first-order valence-corrected chi connectivity index (χ1v) is 29.9. The van der Waals surface area contributed by atoms with Crippen molar-refractivity contribution in [3.05, 3.63) is 69.3 Å². The lowest BCUT2D eigenvalue weighted by Crippen LogP contribution is -2.61. The van der Waals surface area contributed by atoms with Crippen molar-refractivity contribution in [2.24, 2.45) is 47.3 Å². The molecule has 2 saturated heterocycles. The molecule has 2 heterocycles. The summed E-state index contributed by atoms with van der Waals surface area (Å²) >= 11 is 2.20. The Labute approximate surface area is 490 Å². The lowest BCUT2D eigenvalue weighted by molar-refractivity contribution is -0.178. The van der Waals surface area contributed by atoms with E-state index < -0.39 is 113 Å². The van der Waals surface area contributed by atoms with Crippen molar-refractivity contribution in [1.29, 1.82) is 0 Å². The van der Waals surface area contributed by atoms with E-state index in [-0.39, 0.29) is 74.5 Å². The Kier molecular flexibility index (Phi) is 24.9. The molecule has 0 spiro atoms. The van der Waals surface area contributed by atoms with Crippen LogP contribution in [0.25, 0.3) is 0 Å². The first kappa shape index (κ1) is 67.3. The highest BCUT2D eigenvalue weighted by Gasteiger charge is 2.47. The van der Waals surface area contributed by atoms with Crippen molar-refractivity contribution < 1.29 is 53.0 Å². The zero-order valence-corrected chi connectivity index (χ0v) is 52.7. The largest absolute Gasteiger partial charge is 0.450 e. The monoisotopic (exact) mass is 1220 g/mol. The molecular weight excluding hydrogens is 1130 g/mol. The van der Waals surface area contributed by atoms with Crippen LogP contribution < -0.4 is 5.32 Å². The van der Waals surface area contributed by atoms with Crippen LogP contribution >= 0.6 is 22.6 Å². The lowest BCUT2D eigenvalue weighted by Gasteiger charge is -2.39. The van der Waals surface area contributed by atoms with E-state index in [1.54, 1.807) is 32.7 Å². The van der Waals surface area contributed by atoms with Crippen LogP contribution in [-0.2, 0) is 60.7 Å². The van der Waals surface area contributed by atoms with E-state index in [9.17, 15) is 38.7 Å². The molecule has 3 unspecified atom stereocenters. The average Bonchev–Trinajstić information content (AvgIpc) is 3.91. The Morgan fingerprint density at radius 2 is 1.21 bits per heavy atom. The van der Waals surface area contributed by atoms with Gasteiger partial charge in [-0.05, 0) is 103 Å². The molecule has 2 aromatic rings. The van der Waals surface area contributed by atoms with Gasteiger partial charge in [-0.15, -0.1) is 0 Å². The van der Waals surface area contributed by atoms with E-state index in [4.69, 9.17) is 4.74 Å². The SMILES string of the molecule is CCC(C)[C@@H]1CC(=O)[C@@H]2CCN(C2)C(=O)C(Cc2ccc(I)cc2)N(C)C(=O)[C@H](Cc2ccccc2)NC(=O)[C@H](C(C)C)N(C)C(=O)[C@@H](C(C)CC)OC(=O)[C@H](C(C)(C)O)N(C)C(=O)[C@H](CC(C)C)CC(=O)[C@H](C(C)C)N(C)C1=O. The number of rotatable bonds is 13. The summed E-state index contributed by atoms with van der Waals surface area (Å²) in [5.41, 5.74) is -0.443. The number of nitrogens with one attached hydrogen (secondary N) is 1. The molecule has 2 aliphatic rings. The van der Waals surface area contributed by atoms with Gasteiger partial charge in [-0.3, -0.25) is 38.4 Å². The molecule has 4 rings (SSSR count). The molecule has 2 bridgehead atoms. The van der Waals surface area contributed by atoms with Gasteiger partial charge in [0.25, 0.3) is 5.91 Å². The molecule has 0 radical (unpaired) electrons. The van der Waals surface area contributed by atoms with Gasteiger partial charge in [0.1, 0.15) is 23.9 Å². The molecule has 80 heavy (non-hydrogen) atoms. The standard InChI is InChI=1S/C62H93IN6O11/c1-17-39(9)46-34-49(70)43-28-29-69(35-43)59(76)48(32-42-24-26-45(63)27-25-42)65(13)58(75)47(31-41-22-20-19-21-23-41)64-55(72)52(38(7)8)67(15)60(77)53(40(10)18-2)80-61(78)54(62(11,12)79)68(16)56(73)44(30-36(3)4)33-50(71)51(37(5)6)66(14)57(46)74/h19-27,36-40,43-44,46-48,51-54,79H,17-18,28-35H2,1-16H3,(H,64,72)/t39?,40?,43-,44-,46+,47+,48?,51+,52+,53-,54-/m1/s1. The number of benzene rings is 2. The Morgan fingerprint density at radius 1 is 0.650 bits per heavy atom. The van der Waals surface area contributed by atoms with Crippen molar-refractivity contribution in [2.75, 3.05) is 41.3 Å². The highest BCUT2D eigenvalue weighted by atomic mass is 127. The van der Waals surface area contributed by atoms with Gasteiger partial charge in [-0.1, -0.05) is 118 Å². The van der Waals surface area contributed by atoms with Gasteiger partial charge in [0.2, 0.25) is 29.5 Å². The summed E-state index contributed by atoms with van der Waals surface area (Å²) in [6.07, 6.45) is -0.334. The number of hydrogen-bond acceptors (Lipinski definition) is 11. The molecule has 17 nitrogen and oxygen atoms in total. The van der Waals surface area contributed by atoms with Crippen LogP contribution in [0.3, 0.4) is 0 Å². The van der Waals surface area contributed by atoms with Crippen LogP contribution in [0.4, 0.5) is 0 Å². The zero-order chi connectivity index (χ0) is 60.2. The molecular formula is C62H93IN6O11. The first-order valence-electron chi connectivity index (χ1n) is 28.8. The summed E-state index contributed by atoms with van der Waals surface area (Å²) < 4.78 is 7.10. The van der Waals surface area contributed by atoms with Crippen molar-refractivity contribution in [2.45, 2.75) is 176 Å². The number of likely N-dealkylation sites (N-methyl/N-ethyl adjacent to an activating group) is 4. The second kappa shape index (κ2) is 29.7. The molecule has 6 amide bonds. The third kappa shape index (κ3) is 17.2. The van der Waals surface area contributed by atoms with Gasteiger partial charge in [-0.2, -0.15) is 0 Å². The number of Topliss-reactive ketones (excluding diaryl/α,β-unsaturated/α-hetero) is 2. The van der Waals surface area contributed by atoms with Crippen LogP contribution in [-0.4, -0.2) is 166 Å². The van der Waals surface area contributed by atoms with Crippen molar-refractivity contribution in [3.8, 4) is 0 Å². The number of cyclic esters (lactones) is 1. The Morgan fingerprint density at radius 3 is 1.75 bits per heavy atom. The van der Waals surface area contributed by atoms with E-state index in [1.165, 1.54) is 49.7 Å².